The maximum atomic E-state index is 12.7. The van der Waals surface area contributed by atoms with Crippen LogP contribution >= 0.6 is 0 Å². The molecule has 0 unspecified atom stereocenters. The first-order valence-electron chi connectivity index (χ1n) is 10.2. The molecule has 2 amide bonds. The molecule has 148 valence electrons. The van der Waals surface area contributed by atoms with Crippen molar-refractivity contribution in [2.45, 2.75) is 50.5 Å². The molecule has 0 atom stereocenters. The van der Waals surface area contributed by atoms with E-state index < -0.39 is 5.54 Å². The summed E-state index contributed by atoms with van der Waals surface area (Å²) in [5, 5.41) is 5.97. The Labute approximate surface area is 170 Å². The second-order valence-corrected chi connectivity index (χ2v) is 7.78. The number of nitrogens with one attached hydrogen (secondary N) is 2. The molecule has 2 heterocycles. The van der Waals surface area contributed by atoms with Crippen molar-refractivity contribution < 1.29 is 9.59 Å². The van der Waals surface area contributed by atoms with Crippen molar-refractivity contribution in [2.24, 2.45) is 5.92 Å². The molecule has 0 aliphatic heterocycles. The molecule has 2 aliphatic carbocycles. The highest BCUT2D eigenvalue weighted by molar-refractivity contribution is 5.94. The van der Waals surface area contributed by atoms with Crippen molar-refractivity contribution in [3.63, 3.8) is 0 Å². The maximum absolute atomic E-state index is 12.7. The molecule has 2 fully saturated rings. The third kappa shape index (κ3) is 5.00. The van der Waals surface area contributed by atoms with Crippen LogP contribution in [-0.4, -0.2) is 27.3 Å². The molecular weight excluding hydrogens is 364 g/mol. The lowest BCUT2D eigenvalue weighted by atomic mass is 9.81. The number of carbonyl (C=O) groups excluding carboxylic acids is 2. The molecule has 0 bridgehead atoms. The van der Waals surface area contributed by atoms with Crippen LogP contribution in [0, 0.1) is 17.8 Å². The van der Waals surface area contributed by atoms with E-state index in [1.807, 2.05) is 6.07 Å². The fourth-order valence-corrected chi connectivity index (χ4v) is 3.53. The van der Waals surface area contributed by atoms with Gasteiger partial charge >= 0.3 is 0 Å². The van der Waals surface area contributed by atoms with Gasteiger partial charge in [-0.15, -0.1) is 0 Å². The Balaban J connectivity index is 1.47. The number of anilines is 1. The fourth-order valence-electron chi connectivity index (χ4n) is 3.53. The molecule has 0 spiro atoms. The van der Waals surface area contributed by atoms with Gasteiger partial charge in [-0.25, -0.2) is 4.98 Å². The topological polar surface area (TPSA) is 84.0 Å². The van der Waals surface area contributed by atoms with Crippen LogP contribution in [0.1, 0.15) is 60.9 Å². The summed E-state index contributed by atoms with van der Waals surface area (Å²) >= 11 is 0. The highest BCUT2D eigenvalue weighted by Gasteiger charge is 2.32. The zero-order chi connectivity index (χ0) is 20.1. The van der Waals surface area contributed by atoms with E-state index in [2.05, 4.69) is 32.4 Å². The maximum Gasteiger partial charge on any atom is 0.254 e. The van der Waals surface area contributed by atoms with E-state index in [4.69, 9.17) is 0 Å². The number of aromatic nitrogens is 2. The predicted octanol–water partition coefficient (Wildman–Crippen LogP) is 3.31. The van der Waals surface area contributed by atoms with Crippen molar-refractivity contribution in [3.8, 4) is 11.8 Å². The average molecular weight is 388 g/mol. The van der Waals surface area contributed by atoms with E-state index in [0.717, 1.165) is 50.5 Å². The minimum Gasteiger partial charge on any atom is -0.336 e. The number of rotatable bonds is 4. The molecular formula is C23H24N4O2. The van der Waals surface area contributed by atoms with Gasteiger partial charge in [-0.1, -0.05) is 31.1 Å². The first-order valence-corrected chi connectivity index (χ1v) is 10.2. The van der Waals surface area contributed by atoms with Crippen LogP contribution in [-0.2, 0) is 4.79 Å². The standard InChI is InChI=1S/C23H24N4O2/c28-21(18-7-8-18)26-20-9-6-17(15-25-20)10-13-23(11-2-1-3-12-23)27-22(29)19-5-4-14-24-16-19/h4-6,9,14-16,18H,1-3,7-8,11-12H2,(H,27,29)(H,25,26,28). The molecule has 2 N–H and O–H groups in total. The third-order valence-electron chi connectivity index (χ3n) is 5.39. The van der Waals surface area contributed by atoms with Crippen molar-refractivity contribution in [3.05, 3.63) is 54.0 Å². The van der Waals surface area contributed by atoms with Gasteiger partial charge in [0.25, 0.3) is 5.91 Å². The average Bonchev–Trinajstić information content (AvgIpc) is 3.60. The normalized spacial score (nSPS) is 17.5. The monoisotopic (exact) mass is 388 g/mol. The Morgan fingerprint density at radius 3 is 2.55 bits per heavy atom. The van der Waals surface area contributed by atoms with Gasteiger partial charge in [0, 0.05) is 30.1 Å². The van der Waals surface area contributed by atoms with Gasteiger partial charge in [0.2, 0.25) is 5.91 Å². The number of amides is 2. The Bertz CT molecular complexity index is 934. The van der Waals surface area contributed by atoms with Crippen LogP contribution in [0.2, 0.25) is 0 Å². The molecule has 0 radical (unpaired) electrons. The largest absolute Gasteiger partial charge is 0.336 e. The summed E-state index contributed by atoms with van der Waals surface area (Å²) in [6.45, 7) is 0. The molecule has 2 aliphatic rings. The number of pyridine rings is 2. The van der Waals surface area contributed by atoms with Crippen LogP contribution < -0.4 is 10.6 Å². The van der Waals surface area contributed by atoms with E-state index in [0.29, 0.717) is 11.4 Å². The summed E-state index contributed by atoms with van der Waals surface area (Å²) in [5.74, 6) is 7.06. The second kappa shape index (κ2) is 8.44. The highest BCUT2D eigenvalue weighted by Crippen LogP contribution is 2.30. The summed E-state index contributed by atoms with van der Waals surface area (Å²) in [6, 6.07) is 7.13. The Morgan fingerprint density at radius 1 is 1.07 bits per heavy atom. The third-order valence-corrected chi connectivity index (χ3v) is 5.39. The first-order chi connectivity index (χ1) is 14.1. The summed E-state index contributed by atoms with van der Waals surface area (Å²) in [5.41, 5.74) is 0.760. The van der Waals surface area contributed by atoms with Crippen LogP contribution in [0.5, 0.6) is 0 Å². The van der Waals surface area contributed by atoms with E-state index in [-0.39, 0.29) is 17.7 Å². The van der Waals surface area contributed by atoms with E-state index in [1.165, 1.54) is 0 Å². The number of carbonyl (C=O) groups is 2. The molecule has 2 aromatic heterocycles. The molecule has 29 heavy (non-hydrogen) atoms. The van der Waals surface area contributed by atoms with Gasteiger partial charge in [-0.2, -0.15) is 0 Å². The lowest BCUT2D eigenvalue weighted by Gasteiger charge is -2.33. The number of nitrogens with zero attached hydrogens (tertiary/aromatic N) is 2. The van der Waals surface area contributed by atoms with Gasteiger partial charge in [-0.3, -0.25) is 14.6 Å². The highest BCUT2D eigenvalue weighted by atomic mass is 16.2. The minimum absolute atomic E-state index is 0.0376. The van der Waals surface area contributed by atoms with E-state index >= 15 is 0 Å². The van der Waals surface area contributed by atoms with Crippen LogP contribution in [0.15, 0.2) is 42.9 Å². The fraction of sp³-hybridized carbons (Fsp3) is 0.391. The van der Waals surface area contributed by atoms with Crippen molar-refractivity contribution in [2.75, 3.05) is 5.32 Å². The predicted molar refractivity (Wildman–Crippen MR) is 110 cm³/mol. The summed E-state index contributed by atoms with van der Waals surface area (Å²) in [4.78, 5) is 32.8. The Hall–Kier alpha value is -3.20. The first kappa shape index (κ1) is 19.1. The van der Waals surface area contributed by atoms with Crippen LogP contribution in [0.3, 0.4) is 0 Å². The molecule has 6 heteroatoms. The van der Waals surface area contributed by atoms with Crippen molar-refractivity contribution >= 4 is 17.6 Å². The molecule has 0 saturated heterocycles. The lowest BCUT2D eigenvalue weighted by Crippen LogP contribution is -2.48. The van der Waals surface area contributed by atoms with Gasteiger partial charge in [0.15, 0.2) is 0 Å². The molecule has 4 rings (SSSR count). The number of hydrogen-bond donors (Lipinski definition) is 2. The molecule has 2 saturated carbocycles. The molecule has 0 aromatic carbocycles. The number of hydrogen-bond acceptors (Lipinski definition) is 4. The van der Waals surface area contributed by atoms with Gasteiger partial charge in [-0.05, 0) is 49.9 Å². The summed E-state index contributed by atoms with van der Waals surface area (Å²) in [7, 11) is 0. The second-order valence-electron chi connectivity index (χ2n) is 7.78. The van der Waals surface area contributed by atoms with Gasteiger partial charge in [0.1, 0.15) is 11.4 Å². The Kier molecular flexibility index (Phi) is 5.57. The summed E-state index contributed by atoms with van der Waals surface area (Å²) in [6.07, 6.45) is 11.7. The zero-order valence-electron chi connectivity index (χ0n) is 16.3. The van der Waals surface area contributed by atoms with Crippen LogP contribution in [0.25, 0.3) is 0 Å². The zero-order valence-corrected chi connectivity index (χ0v) is 16.3. The van der Waals surface area contributed by atoms with Crippen molar-refractivity contribution in [1.82, 2.24) is 15.3 Å². The summed E-state index contributed by atoms with van der Waals surface area (Å²) < 4.78 is 0. The van der Waals surface area contributed by atoms with E-state index in [1.54, 1.807) is 36.8 Å². The van der Waals surface area contributed by atoms with Crippen LogP contribution in [0.4, 0.5) is 5.82 Å². The van der Waals surface area contributed by atoms with Gasteiger partial charge < -0.3 is 10.6 Å². The quantitative estimate of drug-likeness (QED) is 0.787. The molecule has 6 nitrogen and oxygen atoms in total. The van der Waals surface area contributed by atoms with Crippen molar-refractivity contribution in [1.29, 1.82) is 0 Å². The Morgan fingerprint density at radius 2 is 1.90 bits per heavy atom. The lowest BCUT2D eigenvalue weighted by molar-refractivity contribution is -0.117. The van der Waals surface area contributed by atoms with E-state index in [9.17, 15) is 9.59 Å². The molecule has 2 aromatic rings. The minimum atomic E-state index is -0.538. The smallest absolute Gasteiger partial charge is 0.254 e. The SMILES string of the molecule is O=C(NC1(C#Cc2ccc(NC(=O)C3CC3)nc2)CCCCC1)c1cccnc1. The van der Waals surface area contributed by atoms with Gasteiger partial charge in [0.05, 0.1) is 5.56 Å².